The van der Waals surface area contributed by atoms with Gasteiger partial charge < -0.3 is 15.2 Å². The van der Waals surface area contributed by atoms with Crippen molar-refractivity contribution in [1.82, 2.24) is 4.57 Å². The van der Waals surface area contributed by atoms with Crippen LogP contribution in [0.2, 0.25) is 0 Å². The van der Waals surface area contributed by atoms with Gasteiger partial charge in [0.25, 0.3) is 0 Å². The van der Waals surface area contributed by atoms with Crippen LogP contribution in [0.5, 0.6) is 0 Å². The Kier molecular flexibility index (Phi) is 7.94. The highest BCUT2D eigenvalue weighted by molar-refractivity contribution is 5.97. The number of aromatic nitrogens is 1. The zero-order chi connectivity index (χ0) is 30.8. The molecule has 1 unspecified atom stereocenters. The molecule has 3 heteroatoms. The van der Waals surface area contributed by atoms with Crippen LogP contribution in [0.3, 0.4) is 0 Å². The lowest BCUT2D eigenvalue weighted by Crippen LogP contribution is -2.15. The summed E-state index contributed by atoms with van der Waals surface area (Å²) in [6, 6.07) is 26.1. The predicted octanol–water partition coefficient (Wildman–Crippen LogP) is 10.0. The van der Waals surface area contributed by atoms with E-state index in [1.54, 1.807) is 0 Å². The number of hydrogen-bond donors (Lipinski definition) is 1. The second kappa shape index (κ2) is 12.5. The Bertz CT molecular complexity index is 1990. The van der Waals surface area contributed by atoms with E-state index in [4.69, 9.17) is 5.73 Å². The van der Waals surface area contributed by atoms with Crippen LogP contribution in [0.25, 0.3) is 34.8 Å². The molecule has 0 spiro atoms. The fourth-order valence-electron chi connectivity index (χ4n) is 6.73. The molecule has 2 N–H and O–H groups in total. The minimum Gasteiger partial charge on any atom is -0.330 e. The monoisotopic (exact) mass is 585 g/mol. The van der Waals surface area contributed by atoms with Gasteiger partial charge in [-0.05, 0) is 90.1 Å². The van der Waals surface area contributed by atoms with Crippen molar-refractivity contribution in [3.63, 3.8) is 0 Å². The van der Waals surface area contributed by atoms with E-state index < -0.39 is 0 Å². The molecule has 4 aromatic rings. The Morgan fingerprint density at radius 2 is 1.73 bits per heavy atom. The lowest BCUT2D eigenvalue weighted by atomic mass is 9.86. The maximum absolute atomic E-state index is 6.49. The van der Waals surface area contributed by atoms with E-state index in [0.717, 1.165) is 41.8 Å². The highest BCUT2D eigenvalue weighted by Gasteiger charge is 2.24. The van der Waals surface area contributed by atoms with Gasteiger partial charge in [-0.3, -0.25) is 0 Å². The van der Waals surface area contributed by atoms with E-state index in [1.807, 2.05) is 6.07 Å². The molecule has 3 aliphatic rings. The maximum atomic E-state index is 6.49. The van der Waals surface area contributed by atoms with Crippen LogP contribution >= 0.6 is 0 Å². The van der Waals surface area contributed by atoms with Gasteiger partial charge in [0.1, 0.15) is 0 Å². The van der Waals surface area contributed by atoms with Crippen LogP contribution in [-0.2, 0) is 6.42 Å². The molecule has 2 heterocycles. The normalized spacial score (nSPS) is 19.5. The number of nitrogens with zero attached hydrogens (tertiary/aromatic N) is 2. The van der Waals surface area contributed by atoms with Crippen molar-refractivity contribution in [3.8, 4) is 0 Å². The van der Waals surface area contributed by atoms with E-state index in [9.17, 15) is 0 Å². The molecule has 0 amide bonds. The lowest BCUT2D eigenvalue weighted by Gasteiger charge is -2.21. The van der Waals surface area contributed by atoms with Crippen molar-refractivity contribution in [2.45, 2.75) is 32.1 Å². The molecule has 3 aromatic carbocycles. The van der Waals surface area contributed by atoms with Gasteiger partial charge in [0.05, 0.1) is 11.2 Å². The number of nitrogens with two attached hydrogens (primary N) is 1. The van der Waals surface area contributed by atoms with Crippen molar-refractivity contribution in [3.05, 3.63) is 173 Å². The lowest BCUT2D eigenvalue weighted by molar-refractivity contribution is 0.779. The van der Waals surface area contributed by atoms with E-state index in [1.165, 1.54) is 44.4 Å². The number of fused-ring (bicyclic) bond motifs is 4. The Morgan fingerprint density at radius 1 is 0.889 bits per heavy atom. The molecule has 7 rings (SSSR count). The quantitative estimate of drug-likeness (QED) is 0.253. The van der Waals surface area contributed by atoms with Crippen molar-refractivity contribution in [2.75, 3.05) is 11.4 Å². The molecule has 0 bridgehead atoms. The number of aryl methyl sites for hydroxylation is 1. The molecule has 0 radical (unpaired) electrons. The number of rotatable bonds is 5. The molecule has 222 valence electrons. The maximum Gasteiger partial charge on any atom is 0.0541 e. The number of benzene rings is 3. The van der Waals surface area contributed by atoms with Gasteiger partial charge in [-0.2, -0.15) is 0 Å². The van der Waals surface area contributed by atoms with Crippen LogP contribution < -0.4 is 10.6 Å². The van der Waals surface area contributed by atoms with E-state index >= 15 is 0 Å². The predicted molar refractivity (Wildman–Crippen MR) is 194 cm³/mol. The summed E-state index contributed by atoms with van der Waals surface area (Å²) in [6.07, 6.45) is 27.2. The molecule has 0 saturated heterocycles. The van der Waals surface area contributed by atoms with Gasteiger partial charge in [0.15, 0.2) is 0 Å². The van der Waals surface area contributed by atoms with Gasteiger partial charge in [0, 0.05) is 53.6 Å². The van der Waals surface area contributed by atoms with Crippen molar-refractivity contribution < 1.29 is 0 Å². The van der Waals surface area contributed by atoms with E-state index in [2.05, 4.69) is 157 Å². The smallest absolute Gasteiger partial charge is 0.0541 e. The van der Waals surface area contributed by atoms with Gasteiger partial charge >= 0.3 is 0 Å². The van der Waals surface area contributed by atoms with Crippen LogP contribution in [0, 0.1) is 0 Å². The number of allylic oxidation sites excluding steroid dienone is 9. The SMILES string of the molecule is C=C1/C=C\C=C/N(c2ccccc2)C=Cc2c(n(C3=CC=C(C(CN)c4ccc5c(c4)CCC=C5)C3)c3ccccc23)/C=C/1C. The summed E-state index contributed by atoms with van der Waals surface area (Å²) in [5, 5.41) is 1.22. The van der Waals surface area contributed by atoms with Crippen LogP contribution in [0.1, 0.15) is 53.6 Å². The molecular formula is C42H39N3. The third kappa shape index (κ3) is 5.63. The summed E-state index contributed by atoms with van der Waals surface area (Å²) >= 11 is 0. The first-order chi connectivity index (χ1) is 22.1. The topological polar surface area (TPSA) is 34.2 Å². The molecule has 0 saturated carbocycles. The second-order valence-electron chi connectivity index (χ2n) is 12.0. The summed E-state index contributed by atoms with van der Waals surface area (Å²) in [6.45, 7) is 7.13. The average Bonchev–Trinajstić information content (AvgIpc) is 3.67. The van der Waals surface area contributed by atoms with Crippen molar-refractivity contribution >= 4 is 40.5 Å². The van der Waals surface area contributed by atoms with E-state index in [-0.39, 0.29) is 5.92 Å². The zero-order valence-electron chi connectivity index (χ0n) is 25.9. The summed E-state index contributed by atoms with van der Waals surface area (Å²) in [5.41, 5.74) is 19.9. The third-order valence-corrected chi connectivity index (χ3v) is 9.22. The molecule has 1 atom stereocenters. The van der Waals surface area contributed by atoms with Gasteiger partial charge in [-0.1, -0.05) is 97.1 Å². The first kappa shape index (κ1) is 28.6. The van der Waals surface area contributed by atoms with E-state index in [0.29, 0.717) is 6.54 Å². The first-order valence-corrected chi connectivity index (χ1v) is 15.9. The van der Waals surface area contributed by atoms with Crippen molar-refractivity contribution in [2.24, 2.45) is 5.73 Å². The number of hydrogen-bond acceptors (Lipinski definition) is 2. The zero-order valence-corrected chi connectivity index (χ0v) is 25.9. The summed E-state index contributed by atoms with van der Waals surface area (Å²) in [4.78, 5) is 2.16. The molecule has 0 fully saturated rings. The standard InChI is InChI=1S/C42H39N3/c1-30-12-10-11-24-44(36-15-4-3-5-16-36)25-23-39-38-17-8-9-18-41(38)45(42(39)26-31(30)2)37-22-21-35(28-37)40(29-43)34-20-19-32-13-6-7-14-33(32)27-34/h3-6,8-13,15-27,40H,1,7,14,28-29,43H2,2H3/b12-10-,24-11-,25-23?,31-26+. The summed E-state index contributed by atoms with van der Waals surface area (Å²) in [7, 11) is 0. The highest BCUT2D eigenvalue weighted by Crippen LogP contribution is 2.40. The second-order valence-corrected chi connectivity index (χ2v) is 12.0. The Balaban J connectivity index is 1.31. The molecule has 2 aliphatic carbocycles. The Labute approximate surface area is 266 Å². The summed E-state index contributed by atoms with van der Waals surface area (Å²) in [5.74, 6) is 0.186. The van der Waals surface area contributed by atoms with Gasteiger partial charge in [-0.25, -0.2) is 0 Å². The largest absolute Gasteiger partial charge is 0.330 e. The Hall–Kier alpha value is -5.12. The molecule has 1 aromatic heterocycles. The fraction of sp³-hybridized carbons (Fsp3) is 0.143. The van der Waals surface area contributed by atoms with Gasteiger partial charge in [-0.15, -0.1) is 0 Å². The summed E-state index contributed by atoms with van der Waals surface area (Å²) < 4.78 is 2.44. The van der Waals surface area contributed by atoms with Crippen LogP contribution in [0.15, 0.2) is 145 Å². The molecule has 3 nitrogen and oxygen atoms in total. The van der Waals surface area contributed by atoms with Gasteiger partial charge in [0.2, 0.25) is 0 Å². The van der Waals surface area contributed by atoms with Crippen molar-refractivity contribution in [1.29, 1.82) is 0 Å². The molecule has 1 aliphatic heterocycles. The first-order valence-electron chi connectivity index (χ1n) is 15.9. The number of anilines is 1. The van der Waals surface area contributed by atoms with Crippen LogP contribution in [-0.4, -0.2) is 11.1 Å². The molecular weight excluding hydrogens is 546 g/mol. The van der Waals surface area contributed by atoms with Crippen LogP contribution in [0.4, 0.5) is 5.69 Å². The third-order valence-electron chi connectivity index (χ3n) is 9.22. The number of para-hydroxylation sites is 2. The minimum absolute atomic E-state index is 0.186. The highest BCUT2D eigenvalue weighted by atomic mass is 15.1. The fourth-order valence-corrected chi connectivity index (χ4v) is 6.73. The molecule has 45 heavy (non-hydrogen) atoms. The Morgan fingerprint density at radius 3 is 2.60 bits per heavy atom. The minimum atomic E-state index is 0.186. The average molecular weight is 586 g/mol.